The van der Waals surface area contributed by atoms with Crippen LogP contribution in [0.3, 0.4) is 0 Å². The lowest BCUT2D eigenvalue weighted by Crippen LogP contribution is -2.05. The van der Waals surface area contributed by atoms with Gasteiger partial charge < -0.3 is 9.47 Å². The van der Waals surface area contributed by atoms with Gasteiger partial charge in [-0.15, -0.1) is 0 Å². The molecule has 0 amide bonds. The zero-order valence-electron chi connectivity index (χ0n) is 11.1. The van der Waals surface area contributed by atoms with Crippen LogP contribution in [0.2, 0.25) is 0 Å². The van der Waals surface area contributed by atoms with Crippen molar-refractivity contribution in [1.29, 1.82) is 0 Å². The maximum Gasteiger partial charge on any atom is 0.133 e. The number of methoxy groups -OCH3 is 2. The van der Waals surface area contributed by atoms with Gasteiger partial charge in [0.2, 0.25) is 0 Å². The van der Waals surface area contributed by atoms with Gasteiger partial charge in [-0.1, -0.05) is 6.42 Å². The molecule has 0 saturated heterocycles. The van der Waals surface area contributed by atoms with Crippen LogP contribution in [0.5, 0.6) is 11.5 Å². The molecule has 3 nitrogen and oxygen atoms in total. The largest absolute Gasteiger partial charge is 0.497 e. The van der Waals surface area contributed by atoms with E-state index in [9.17, 15) is 4.79 Å². The molecule has 98 valence electrons. The van der Waals surface area contributed by atoms with Gasteiger partial charge in [-0.3, -0.25) is 4.79 Å². The van der Waals surface area contributed by atoms with Crippen LogP contribution in [-0.2, 0) is 4.79 Å². The summed E-state index contributed by atoms with van der Waals surface area (Å²) < 4.78 is 10.7. The van der Waals surface area contributed by atoms with Crippen molar-refractivity contribution in [2.45, 2.75) is 38.0 Å². The number of hydrogen-bond acceptors (Lipinski definition) is 3. The van der Waals surface area contributed by atoms with Crippen molar-refractivity contribution in [3.63, 3.8) is 0 Å². The van der Waals surface area contributed by atoms with E-state index in [1.165, 1.54) is 0 Å². The summed E-state index contributed by atoms with van der Waals surface area (Å²) in [4.78, 5) is 11.7. The molecule has 0 spiro atoms. The van der Waals surface area contributed by atoms with Crippen molar-refractivity contribution in [3.05, 3.63) is 23.8 Å². The molecule has 0 aromatic heterocycles. The van der Waals surface area contributed by atoms with E-state index in [0.717, 1.165) is 42.7 Å². The Bertz CT molecular complexity index is 426. The quantitative estimate of drug-likeness (QED) is 0.770. The van der Waals surface area contributed by atoms with Crippen LogP contribution >= 0.6 is 0 Å². The smallest absolute Gasteiger partial charge is 0.133 e. The Morgan fingerprint density at radius 3 is 2.72 bits per heavy atom. The Balaban J connectivity index is 2.31. The summed E-state index contributed by atoms with van der Waals surface area (Å²) in [6.07, 6.45) is 4.53. The number of benzene rings is 1. The number of carbonyl (C=O) groups excluding carboxylic acids is 1. The molecule has 1 aliphatic rings. The van der Waals surface area contributed by atoms with Crippen LogP contribution in [0.4, 0.5) is 0 Å². The third kappa shape index (κ3) is 2.84. The van der Waals surface area contributed by atoms with E-state index in [0.29, 0.717) is 12.2 Å². The van der Waals surface area contributed by atoms with Crippen LogP contribution in [0.15, 0.2) is 18.2 Å². The Labute approximate surface area is 108 Å². The predicted octanol–water partition coefficient (Wildman–Crippen LogP) is 3.32. The number of carbonyl (C=O) groups is 1. The summed E-state index contributed by atoms with van der Waals surface area (Å²) in [5.41, 5.74) is 1.10. The molecule has 0 heterocycles. The number of ether oxygens (including phenoxy) is 2. The van der Waals surface area contributed by atoms with Gasteiger partial charge in [0, 0.05) is 18.4 Å². The van der Waals surface area contributed by atoms with Gasteiger partial charge >= 0.3 is 0 Å². The van der Waals surface area contributed by atoms with Gasteiger partial charge in [0.1, 0.15) is 17.3 Å². The molecule has 1 aliphatic carbocycles. The second-order valence-corrected chi connectivity index (χ2v) is 4.79. The fourth-order valence-corrected chi connectivity index (χ4v) is 2.62. The van der Waals surface area contributed by atoms with Crippen molar-refractivity contribution < 1.29 is 14.3 Å². The van der Waals surface area contributed by atoms with Gasteiger partial charge in [0.05, 0.1) is 14.2 Å². The first-order chi connectivity index (χ1) is 8.74. The first-order valence-electron chi connectivity index (χ1n) is 6.48. The molecule has 0 radical (unpaired) electrons. The number of rotatable bonds is 3. The van der Waals surface area contributed by atoms with Crippen molar-refractivity contribution in [1.82, 2.24) is 0 Å². The van der Waals surface area contributed by atoms with Gasteiger partial charge in [-0.2, -0.15) is 0 Å². The van der Waals surface area contributed by atoms with E-state index in [2.05, 4.69) is 0 Å². The number of hydrogen-bond donors (Lipinski definition) is 0. The fraction of sp³-hybridized carbons (Fsp3) is 0.533. The molecular weight excluding hydrogens is 228 g/mol. The minimum atomic E-state index is 0.269. The molecule has 1 unspecified atom stereocenters. The van der Waals surface area contributed by atoms with E-state index in [1.807, 2.05) is 18.2 Å². The van der Waals surface area contributed by atoms with Crippen LogP contribution < -0.4 is 9.47 Å². The lowest BCUT2D eigenvalue weighted by atomic mass is 9.90. The van der Waals surface area contributed by atoms with Crippen LogP contribution in [-0.4, -0.2) is 20.0 Å². The second-order valence-electron chi connectivity index (χ2n) is 4.79. The highest BCUT2D eigenvalue weighted by molar-refractivity contribution is 5.79. The summed E-state index contributed by atoms with van der Waals surface area (Å²) in [5.74, 6) is 2.31. The highest BCUT2D eigenvalue weighted by Crippen LogP contribution is 2.37. The molecule has 0 aliphatic heterocycles. The zero-order valence-corrected chi connectivity index (χ0v) is 11.1. The number of Topliss-reactive ketones (excluding diaryl/α,β-unsaturated/α-hetero) is 1. The highest BCUT2D eigenvalue weighted by Gasteiger charge is 2.22. The lowest BCUT2D eigenvalue weighted by Gasteiger charge is -2.18. The summed E-state index contributed by atoms with van der Waals surface area (Å²) in [5, 5.41) is 0. The fourth-order valence-electron chi connectivity index (χ4n) is 2.62. The molecule has 1 aromatic carbocycles. The van der Waals surface area contributed by atoms with Crippen LogP contribution in [0.1, 0.15) is 43.6 Å². The standard InChI is InChI=1S/C15H20O3/c1-17-13-7-8-15(18-2)14(10-13)11-5-3-4-6-12(16)9-11/h7-8,10-11H,3-6,9H2,1-2H3. The third-order valence-corrected chi connectivity index (χ3v) is 3.61. The second kappa shape index (κ2) is 5.89. The Kier molecular flexibility index (Phi) is 4.24. The highest BCUT2D eigenvalue weighted by atomic mass is 16.5. The van der Waals surface area contributed by atoms with Gasteiger partial charge in [-0.05, 0) is 37.0 Å². The SMILES string of the molecule is COc1ccc(OC)c(C2CCCCC(=O)C2)c1. The van der Waals surface area contributed by atoms with Crippen molar-refractivity contribution in [2.24, 2.45) is 0 Å². The Morgan fingerprint density at radius 1 is 1.17 bits per heavy atom. The van der Waals surface area contributed by atoms with Crippen molar-refractivity contribution >= 4 is 5.78 Å². The van der Waals surface area contributed by atoms with E-state index in [1.54, 1.807) is 14.2 Å². The minimum absolute atomic E-state index is 0.269. The molecular formula is C15H20O3. The van der Waals surface area contributed by atoms with Crippen molar-refractivity contribution in [3.8, 4) is 11.5 Å². The molecule has 18 heavy (non-hydrogen) atoms. The molecule has 0 N–H and O–H groups in total. The molecule has 1 atom stereocenters. The average Bonchev–Trinajstić information content (AvgIpc) is 2.62. The van der Waals surface area contributed by atoms with Crippen LogP contribution in [0, 0.1) is 0 Å². The van der Waals surface area contributed by atoms with Gasteiger partial charge in [0.25, 0.3) is 0 Å². The van der Waals surface area contributed by atoms with Crippen molar-refractivity contribution in [2.75, 3.05) is 14.2 Å². The Hall–Kier alpha value is -1.51. The summed E-state index contributed by atoms with van der Waals surface area (Å²) in [6.45, 7) is 0. The van der Waals surface area contributed by atoms with Gasteiger partial charge in [0.15, 0.2) is 0 Å². The summed E-state index contributed by atoms with van der Waals surface area (Å²) >= 11 is 0. The monoisotopic (exact) mass is 248 g/mol. The molecule has 1 fully saturated rings. The molecule has 1 saturated carbocycles. The normalized spacial score (nSPS) is 20.3. The molecule has 2 rings (SSSR count). The first kappa shape index (κ1) is 12.9. The van der Waals surface area contributed by atoms with E-state index in [-0.39, 0.29) is 5.92 Å². The summed E-state index contributed by atoms with van der Waals surface area (Å²) in [7, 11) is 3.33. The molecule has 0 bridgehead atoms. The summed E-state index contributed by atoms with van der Waals surface area (Å²) in [6, 6.07) is 5.81. The zero-order chi connectivity index (χ0) is 13.0. The van der Waals surface area contributed by atoms with E-state index < -0.39 is 0 Å². The third-order valence-electron chi connectivity index (χ3n) is 3.61. The van der Waals surface area contributed by atoms with Gasteiger partial charge in [-0.25, -0.2) is 0 Å². The predicted molar refractivity (Wildman–Crippen MR) is 70.4 cm³/mol. The van der Waals surface area contributed by atoms with E-state index in [4.69, 9.17) is 9.47 Å². The topological polar surface area (TPSA) is 35.5 Å². The maximum absolute atomic E-state index is 11.7. The average molecular weight is 248 g/mol. The minimum Gasteiger partial charge on any atom is -0.497 e. The molecule has 3 heteroatoms. The lowest BCUT2D eigenvalue weighted by molar-refractivity contribution is -0.119. The maximum atomic E-state index is 11.7. The van der Waals surface area contributed by atoms with Crippen LogP contribution in [0.25, 0.3) is 0 Å². The first-order valence-corrected chi connectivity index (χ1v) is 6.48. The molecule has 1 aromatic rings. The van der Waals surface area contributed by atoms with E-state index >= 15 is 0 Å². The Morgan fingerprint density at radius 2 is 2.00 bits per heavy atom. The number of ketones is 1.